The summed E-state index contributed by atoms with van der Waals surface area (Å²) in [5, 5.41) is 10.7. The fourth-order valence-corrected chi connectivity index (χ4v) is 3.85. The second kappa shape index (κ2) is 9.81. The van der Waals surface area contributed by atoms with Crippen LogP contribution in [0.3, 0.4) is 0 Å². The average molecular weight is 441 g/mol. The predicted octanol–water partition coefficient (Wildman–Crippen LogP) is 3.32. The number of ether oxygens (including phenoxy) is 2. The molecule has 0 saturated carbocycles. The first-order valence-electron chi connectivity index (χ1n) is 9.26. The van der Waals surface area contributed by atoms with E-state index in [0.717, 1.165) is 4.70 Å². The highest BCUT2D eigenvalue weighted by Crippen LogP contribution is 2.27. The van der Waals surface area contributed by atoms with Crippen LogP contribution in [0.1, 0.15) is 12.5 Å². The molecule has 0 aliphatic heterocycles. The SMILES string of the molecule is CCOc1cccc2sc(=NC(=O)C=Cc3ccc([N+](=O)[O-])cc3)n(CC(=O)OC)c12. The number of nitro groups is 1. The van der Waals surface area contributed by atoms with Gasteiger partial charge in [0, 0.05) is 18.2 Å². The van der Waals surface area contributed by atoms with Gasteiger partial charge in [0.1, 0.15) is 17.8 Å². The first-order valence-corrected chi connectivity index (χ1v) is 10.1. The number of nitro benzene ring substituents is 1. The van der Waals surface area contributed by atoms with Crippen molar-refractivity contribution in [3.8, 4) is 5.75 Å². The zero-order valence-electron chi connectivity index (χ0n) is 16.8. The van der Waals surface area contributed by atoms with Gasteiger partial charge in [-0.1, -0.05) is 17.4 Å². The van der Waals surface area contributed by atoms with Crippen LogP contribution in [0.15, 0.2) is 53.5 Å². The van der Waals surface area contributed by atoms with Crippen molar-refractivity contribution in [3.05, 3.63) is 69.0 Å². The standard InChI is InChI=1S/C21H19N3O6S/c1-3-30-16-5-4-6-17-20(16)23(13-19(26)29-2)21(31-17)22-18(25)12-9-14-7-10-15(11-8-14)24(27)28/h4-12H,3,13H2,1-2H3. The van der Waals surface area contributed by atoms with E-state index in [-0.39, 0.29) is 12.2 Å². The van der Waals surface area contributed by atoms with Gasteiger partial charge in [0.15, 0.2) is 4.80 Å². The number of carbonyl (C=O) groups excluding carboxylic acids is 2. The summed E-state index contributed by atoms with van der Waals surface area (Å²) >= 11 is 1.25. The molecular weight excluding hydrogens is 422 g/mol. The molecule has 0 aliphatic carbocycles. The molecule has 0 saturated heterocycles. The largest absolute Gasteiger partial charge is 0.492 e. The number of carbonyl (C=O) groups is 2. The summed E-state index contributed by atoms with van der Waals surface area (Å²) < 4.78 is 12.8. The van der Waals surface area contributed by atoms with Gasteiger partial charge in [-0.3, -0.25) is 19.7 Å². The molecule has 0 radical (unpaired) electrons. The van der Waals surface area contributed by atoms with Gasteiger partial charge in [-0.2, -0.15) is 4.99 Å². The topological polar surface area (TPSA) is 113 Å². The lowest BCUT2D eigenvalue weighted by Crippen LogP contribution is -2.22. The summed E-state index contributed by atoms with van der Waals surface area (Å²) in [6.07, 6.45) is 2.77. The lowest BCUT2D eigenvalue weighted by molar-refractivity contribution is -0.384. The molecule has 0 spiro atoms. The Hall–Kier alpha value is -3.79. The number of benzene rings is 2. The minimum absolute atomic E-state index is 0.0348. The third-order valence-corrected chi connectivity index (χ3v) is 5.25. The van der Waals surface area contributed by atoms with E-state index in [9.17, 15) is 19.7 Å². The van der Waals surface area contributed by atoms with Crippen LogP contribution in [-0.4, -0.2) is 35.1 Å². The van der Waals surface area contributed by atoms with Crippen molar-refractivity contribution < 1.29 is 24.0 Å². The summed E-state index contributed by atoms with van der Waals surface area (Å²) in [6, 6.07) is 11.2. The molecule has 1 amide bonds. The second-order valence-corrected chi connectivity index (χ2v) is 7.22. The van der Waals surface area contributed by atoms with Gasteiger partial charge in [-0.05, 0) is 42.8 Å². The number of aromatic nitrogens is 1. The van der Waals surface area contributed by atoms with E-state index in [0.29, 0.717) is 28.2 Å². The summed E-state index contributed by atoms with van der Waals surface area (Å²) in [4.78, 5) is 39.1. The van der Waals surface area contributed by atoms with E-state index < -0.39 is 16.8 Å². The Morgan fingerprint density at radius 2 is 1.97 bits per heavy atom. The number of methoxy groups -OCH3 is 1. The third kappa shape index (κ3) is 5.23. The smallest absolute Gasteiger partial charge is 0.325 e. The fraction of sp³-hybridized carbons (Fsp3) is 0.190. The van der Waals surface area contributed by atoms with Gasteiger partial charge in [-0.25, -0.2) is 0 Å². The normalized spacial score (nSPS) is 11.7. The van der Waals surface area contributed by atoms with Crippen LogP contribution >= 0.6 is 11.3 Å². The zero-order chi connectivity index (χ0) is 22.4. The maximum atomic E-state index is 12.4. The molecule has 1 heterocycles. The number of non-ortho nitro benzene ring substituents is 1. The zero-order valence-corrected chi connectivity index (χ0v) is 17.6. The van der Waals surface area contributed by atoms with E-state index in [1.165, 1.54) is 54.9 Å². The number of rotatable bonds is 7. The molecule has 160 valence electrons. The minimum atomic E-state index is -0.540. The van der Waals surface area contributed by atoms with Crippen molar-refractivity contribution in [1.29, 1.82) is 0 Å². The number of hydrogen-bond acceptors (Lipinski definition) is 7. The van der Waals surface area contributed by atoms with Gasteiger partial charge in [-0.15, -0.1) is 0 Å². The first kappa shape index (κ1) is 21.9. The molecule has 0 unspecified atom stereocenters. The van der Waals surface area contributed by atoms with Crippen LogP contribution in [0, 0.1) is 10.1 Å². The number of para-hydroxylation sites is 1. The van der Waals surface area contributed by atoms with Crippen LogP contribution in [0.2, 0.25) is 0 Å². The van der Waals surface area contributed by atoms with E-state index in [1.54, 1.807) is 10.6 Å². The molecule has 1 aromatic heterocycles. The number of esters is 1. The van der Waals surface area contributed by atoms with Gasteiger partial charge in [0.25, 0.3) is 11.6 Å². The Labute approximate surface area is 181 Å². The number of nitrogens with zero attached hydrogens (tertiary/aromatic N) is 3. The molecule has 10 heteroatoms. The van der Waals surface area contributed by atoms with E-state index in [2.05, 4.69) is 4.99 Å². The number of hydrogen-bond donors (Lipinski definition) is 0. The highest BCUT2D eigenvalue weighted by Gasteiger charge is 2.15. The van der Waals surface area contributed by atoms with Crippen molar-refractivity contribution in [2.24, 2.45) is 4.99 Å². The Bertz CT molecular complexity index is 1220. The molecule has 0 bridgehead atoms. The van der Waals surface area contributed by atoms with Crippen molar-refractivity contribution in [2.75, 3.05) is 13.7 Å². The van der Waals surface area contributed by atoms with Crippen molar-refractivity contribution in [3.63, 3.8) is 0 Å². The maximum absolute atomic E-state index is 12.4. The predicted molar refractivity (Wildman–Crippen MR) is 116 cm³/mol. The van der Waals surface area contributed by atoms with Crippen molar-refractivity contribution >= 4 is 45.2 Å². The highest BCUT2D eigenvalue weighted by atomic mass is 32.1. The van der Waals surface area contributed by atoms with Gasteiger partial charge in [0.05, 0.1) is 23.3 Å². The second-order valence-electron chi connectivity index (χ2n) is 6.21. The molecule has 0 fully saturated rings. The van der Waals surface area contributed by atoms with Gasteiger partial charge in [0.2, 0.25) is 0 Å². The molecular formula is C21H19N3O6S. The van der Waals surface area contributed by atoms with Crippen LogP contribution in [-0.2, 0) is 20.9 Å². The third-order valence-electron chi connectivity index (χ3n) is 4.21. The Morgan fingerprint density at radius 3 is 2.61 bits per heavy atom. The highest BCUT2D eigenvalue weighted by molar-refractivity contribution is 7.16. The molecule has 3 rings (SSSR count). The van der Waals surface area contributed by atoms with Crippen LogP contribution in [0.5, 0.6) is 5.75 Å². The van der Waals surface area contributed by atoms with E-state index >= 15 is 0 Å². The van der Waals surface area contributed by atoms with Crippen LogP contribution < -0.4 is 9.54 Å². The molecule has 0 atom stereocenters. The summed E-state index contributed by atoms with van der Waals surface area (Å²) in [6.45, 7) is 2.17. The molecule has 0 N–H and O–H groups in total. The first-order chi connectivity index (χ1) is 14.9. The molecule has 9 nitrogen and oxygen atoms in total. The van der Waals surface area contributed by atoms with E-state index in [4.69, 9.17) is 9.47 Å². The lowest BCUT2D eigenvalue weighted by Gasteiger charge is -2.08. The monoisotopic (exact) mass is 441 g/mol. The van der Waals surface area contributed by atoms with Crippen LogP contribution in [0.25, 0.3) is 16.3 Å². The Kier molecular flexibility index (Phi) is 6.93. The summed E-state index contributed by atoms with van der Waals surface area (Å²) in [5.41, 5.74) is 1.24. The van der Waals surface area contributed by atoms with Crippen LogP contribution in [0.4, 0.5) is 5.69 Å². The van der Waals surface area contributed by atoms with Crippen molar-refractivity contribution in [1.82, 2.24) is 4.57 Å². The molecule has 31 heavy (non-hydrogen) atoms. The quantitative estimate of drug-likeness (QED) is 0.241. The number of fused-ring (bicyclic) bond motifs is 1. The molecule has 3 aromatic rings. The Morgan fingerprint density at radius 1 is 1.23 bits per heavy atom. The molecule has 2 aromatic carbocycles. The van der Waals surface area contributed by atoms with Crippen molar-refractivity contribution in [2.45, 2.75) is 13.5 Å². The maximum Gasteiger partial charge on any atom is 0.325 e. The summed E-state index contributed by atoms with van der Waals surface area (Å²) in [7, 11) is 1.29. The number of thiazole rings is 1. The summed E-state index contributed by atoms with van der Waals surface area (Å²) in [5.74, 6) is -0.446. The lowest BCUT2D eigenvalue weighted by atomic mass is 10.2. The Balaban J connectivity index is 1.98. The average Bonchev–Trinajstić information content (AvgIpc) is 3.10. The van der Waals surface area contributed by atoms with Gasteiger partial charge < -0.3 is 14.0 Å². The molecule has 0 aliphatic rings. The minimum Gasteiger partial charge on any atom is -0.492 e. The number of amides is 1. The van der Waals surface area contributed by atoms with E-state index in [1.807, 2.05) is 19.1 Å². The van der Waals surface area contributed by atoms with Gasteiger partial charge >= 0.3 is 5.97 Å². The fourth-order valence-electron chi connectivity index (χ4n) is 2.80.